The van der Waals surface area contributed by atoms with Gasteiger partial charge in [0.15, 0.2) is 5.78 Å². The molecule has 13 heavy (non-hydrogen) atoms. The molecule has 0 aromatic rings. The predicted octanol–water partition coefficient (Wildman–Crippen LogP) is 1.84. The van der Waals surface area contributed by atoms with Gasteiger partial charge in [-0.15, -0.1) is 0 Å². The van der Waals surface area contributed by atoms with E-state index in [0.717, 1.165) is 12.8 Å². The SMILES string of the molecule is COP(=O)(CC(=O)C1(C)CC1)OC. The summed E-state index contributed by atoms with van der Waals surface area (Å²) in [5.74, 6) is -0.0143. The number of hydrogen-bond donors (Lipinski definition) is 0. The molecular weight excluding hydrogens is 191 g/mol. The molecule has 0 aliphatic heterocycles. The molecule has 0 bridgehead atoms. The molecule has 1 aliphatic rings. The third-order valence-electron chi connectivity index (χ3n) is 2.57. The van der Waals surface area contributed by atoms with Gasteiger partial charge in [0.05, 0.1) is 0 Å². The maximum absolute atomic E-state index is 11.6. The molecule has 1 rings (SSSR count). The second-order valence-corrected chi connectivity index (χ2v) is 5.89. The molecule has 76 valence electrons. The highest BCUT2D eigenvalue weighted by Crippen LogP contribution is 2.52. The second kappa shape index (κ2) is 3.52. The van der Waals surface area contributed by atoms with Crippen LogP contribution in [0.3, 0.4) is 0 Å². The number of ketones is 1. The summed E-state index contributed by atoms with van der Waals surface area (Å²) in [6, 6.07) is 0. The first-order valence-corrected chi connectivity index (χ1v) is 5.92. The Morgan fingerprint density at radius 3 is 2.15 bits per heavy atom. The minimum absolute atomic E-state index is 0.0143. The molecule has 0 amide bonds. The lowest BCUT2D eigenvalue weighted by Crippen LogP contribution is -2.17. The zero-order chi connectivity index (χ0) is 10.1. The normalized spacial score (nSPS) is 19.9. The monoisotopic (exact) mass is 206 g/mol. The van der Waals surface area contributed by atoms with Crippen molar-refractivity contribution < 1.29 is 18.4 Å². The zero-order valence-electron chi connectivity index (χ0n) is 8.20. The van der Waals surface area contributed by atoms with E-state index in [1.807, 2.05) is 6.92 Å². The van der Waals surface area contributed by atoms with Crippen LogP contribution in [0.2, 0.25) is 0 Å². The topological polar surface area (TPSA) is 52.6 Å². The zero-order valence-corrected chi connectivity index (χ0v) is 9.10. The van der Waals surface area contributed by atoms with Gasteiger partial charge in [0.25, 0.3) is 0 Å². The van der Waals surface area contributed by atoms with Crippen LogP contribution in [0.4, 0.5) is 0 Å². The Kier molecular flexibility index (Phi) is 2.95. The van der Waals surface area contributed by atoms with E-state index in [0.29, 0.717) is 0 Å². The fourth-order valence-corrected chi connectivity index (χ4v) is 2.18. The van der Waals surface area contributed by atoms with Crippen LogP contribution in [0.15, 0.2) is 0 Å². The van der Waals surface area contributed by atoms with Gasteiger partial charge in [-0.05, 0) is 12.8 Å². The maximum Gasteiger partial charge on any atom is 0.337 e. The van der Waals surface area contributed by atoms with Crippen molar-refractivity contribution in [1.82, 2.24) is 0 Å². The Bertz CT molecular complexity index is 249. The fraction of sp³-hybridized carbons (Fsp3) is 0.875. The number of rotatable bonds is 5. The number of carbonyl (C=O) groups excluding carboxylic acids is 1. The molecule has 0 heterocycles. The third-order valence-corrected chi connectivity index (χ3v) is 4.35. The van der Waals surface area contributed by atoms with Crippen molar-refractivity contribution in [1.29, 1.82) is 0 Å². The summed E-state index contributed by atoms with van der Waals surface area (Å²) in [6.07, 6.45) is 1.68. The quantitative estimate of drug-likeness (QED) is 0.644. The number of carbonyl (C=O) groups is 1. The van der Waals surface area contributed by atoms with E-state index in [1.165, 1.54) is 14.2 Å². The Balaban J connectivity index is 2.57. The number of hydrogen-bond acceptors (Lipinski definition) is 4. The lowest BCUT2D eigenvalue weighted by molar-refractivity contribution is -0.121. The molecule has 4 nitrogen and oxygen atoms in total. The molecule has 1 aliphatic carbocycles. The van der Waals surface area contributed by atoms with Crippen LogP contribution in [0, 0.1) is 5.41 Å². The van der Waals surface area contributed by atoms with Gasteiger partial charge in [0, 0.05) is 19.6 Å². The van der Waals surface area contributed by atoms with Crippen LogP contribution >= 0.6 is 7.60 Å². The number of Topliss-reactive ketones (excluding diaryl/α,β-unsaturated/α-hetero) is 1. The fourth-order valence-electron chi connectivity index (χ4n) is 1.04. The molecule has 0 atom stereocenters. The summed E-state index contributed by atoms with van der Waals surface area (Å²) in [4.78, 5) is 11.5. The lowest BCUT2D eigenvalue weighted by Gasteiger charge is -2.14. The van der Waals surface area contributed by atoms with Crippen LogP contribution in [0.5, 0.6) is 0 Å². The smallest absolute Gasteiger partial charge is 0.312 e. The van der Waals surface area contributed by atoms with E-state index >= 15 is 0 Å². The van der Waals surface area contributed by atoms with Gasteiger partial charge < -0.3 is 9.05 Å². The van der Waals surface area contributed by atoms with E-state index in [1.54, 1.807) is 0 Å². The molecule has 0 N–H and O–H groups in total. The molecule has 0 saturated heterocycles. The molecule has 0 spiro atoms. The molecule has 1 saturated carbocycles. The molecule has 0 aromatic heterocycles. The largest absolute Gasteiger partial charge is 0.337 e. The first-order chi connectivity index (χ1) is 5.96. The van der Waals surface area contributed by atoms with Crippen molar-refractivity contribution >= 4 is 13.4 Å². The highest BCUT2D eigenvalue weighted by Gasteiger charge is 2.46. The van der Waals surface area contributed by atoms with Crippen LogP contribution in [0.25, 0.3) is 0 Å². The molecule has 0 radical (unpaired) electrons. The van der Waals surface area contributed by atoms with Crippen molar-refractivity contribution in [3.05, 3.63) is 0 Å². The summed E-state index contributed by atoms with van der Waals surface area (Å²) in [6.45, 7) is 1.88. The van der Waals surface area contributed by atoms with Gasteiger partial charge in [-0.25, -0.2) is 0 Å². The second-order valence-electron chi connectivity index (χ2n) is 3.62. The first kappa shape index (κ1) is 10.9. The van der Waals surface area contributed by atoms with Crippen LogP contribution in [0.1, 0.15) is 19.8 Å². The average Bonchev–Trinajstić information content (AvgIpc) is 2.85. The summed E-state index contributed by atoms with van der Waals surface area (Å²) in [5, 5.41) is 0. The van der Waals surface area contributed by atoms with E-state index in [4.69, 9.17) is 9.05 Å². The molecular formula is C8H15O4P. The standard InChI is InChI=1S/C8H15O4P/c1-8(4-5-8)7(9)6-13(10,11-2)12-3/h4-6H2,1-3H3. The van der Waals surface area contributed by atoms with Crippen molar-refractivity contribution in [3.63, 3.8) is 0 Å². The minimum Gasteiger partial charge on any atom is -0.312 e. The third kappa shape index (κ3) is 2.39. The van der Waals surface area contributed by atoms with Gasteiger partial charge in [-0.2, -0.15) is 0 Å². The van der Waals surface area contributed by atoms with Crippen molar-refractivity contribution in [2.45, 2.75) is 19.8 Å². The molecule has 0 unspecified atom stereocenters. The van der Waals surface area contributed by atoms with Crippen LogP contribution < -0.4 is 0 Å². The highest BCUT2D eigenvalue weighted by atomic mass is 31.2. The summed E-state index contributed by atoms with van der Waals surface area (Å²) >= 11 is 0. The van der Waals surface area contributed by atoms with E-state index < -0.39 is 7.60 Å². The Morgan fingerprint density at radius 1 is 1.38 bits per heavy atom. The van der Waals surface area contributed by atoms with E-state index in [9.17, 15) is 9.36 Å². The molecule has 1 fully saturated rings. The van der Waals surface area contributed by atoms with Gasteiger partial charge in [0.1, 0.15) is 6.16 Å². The minimum atomic E-state index is -3.14. The Hall–Kier alpha value is -0.180. The van der Waals surface area contributed by atoms with Gasteiger partial charge >= 0.3 is 7.60 Å². The van der Waals surface area contributed by atoms with Crippen molar-refractivity contribution in [2.75, 3.05) is 20.4 Å². The summed E-state index contributed by atoms with van der Waals surface area (Å²) in [7, 11) is -0.546. The molecule has 0 aromatic carbocycles. The van der Waals surface area contributed by atoms with Gasteiger partial charge in [0.2, 0.25) is 0 Å². The van der Waals surface area contributed by atoms with Crippen LogP contribution in [-0.4, -0.2) is 26.2 Å². The van der Waals surface area contributed by atoms with Gasteiger partial charge in [-0.3, -0.25) is 9.36 Å². The molecule has 5 heteroatoms. The van der Waals surface area contributed by atoms with Crippen LogP contribution in [-0.2, 0) is 18.4 Å². The highest BCUT2D eigenvalue weighted by molar-refractivity contribution is 7.54. The van der Waals surface area contributed by atoms with E-state index in [-0.39, 0.29) is 17.4 Å². The predicted molar refractivity (Wildman–Crippen MR) is 48.8 cm³/mol. The van der Waals surface area contributed by atoms with Crippen molar-refractivity contribution in [2.24, 2.45) is 5.41 Å². The average molecular weight is 206 g/mol. The lowest BCUT2D eigenvalue weighted by atomic mass is 10.1. The maximum atomic E-state index is 11.6. The Morgan fingerprint density at radius 2 is 1.85 bits per heavy atom. The summed E-state index contributed by atoms with van der Waals surface area (Å²) in [5.41, 5.74) is -0.257. The van der Waals surface area contributed by atoms with Gasteiger partial charge in [-0.1, -0.05) is 6.92 Å². The Labute approximate surface area is 78.1 Å². The first-order valence-electron chi connectivity index (χ1n) is 4.20. The van der Waals surface area contributed by atoms with Crippen molar-refractivity contribution in [3.8, 4) is 0 Å². The van der Waals surface area contributed by atoms with E-state index in [2.05, 4.69) is 0 Å². The summed E-state index contributed by atoms with van der Waals surface area (Å²) < 4.78 is 21.0.